The number of aromatic carboxylic acids is 1. The maximum Gasteiger partial charge on any atom is 0.335 e. The van der Waals surface area contributed by atoms with Gasteiger partial charge in [0.15, 0.2) is 0 Å². The molecule has 0 aliphatic heterocycles. The summed E-state index contributed by atoms with van der Waals surface area (Å²) in [5.74, 6) is -1.10. The Labute approximate surface area is 111 Å². The van der Waals surface area contributed by atoms with Gasteiger partial charge in [-0.15, -0.1) is 0 Å². The van der Waals surface area contributed by atoms with Crippen molar-refractivity contribution in [3.63, 3.8) is 0 Å². The lowest BCUT2D eigenvalue weighted by Gasteiger charge is -2.04. The molecule has 2 rings (SSSR count). The molecule has 5 heteroatoms. The first kappa shape index (κ1) is 13.1. The molecule has 0 saturated carbocycles. The van der Waals surface area contributed by atoms with E-state index in [9.17, 15) is 9.90 Å². The van der Waals surface area contributed by atoms with E-state index in [4.69, 9.17) is 5.11 Å². The van der Waals surface area contributed by atoms with Gasteiger partial charge >= 0.3 is 5.97 Å². The summed E-state index contributed by atoms with van der Waals surface area (Å²) < 4.78 is 1.83. The topological polar surface area (TPSA) is 75.4 Å². The molecule has 1 heterocycles. The fraction of sp³-hybridized carbons (Fsp3) is 0.286. The zero-order valence-electron chi connectivity index (χ0n) is 10.9. The summed E-state index contributed by atoms with van der Waals surface area (Å²) >= 11 is 0. The van der Waals surface area contributed by atoms with Crippen LogP contribution in [0.1, 0.15) is 29.4 Å². The van der Waals surface area contributed by atoms with Crippen LogP contribution in [-0.2, 0) is 6.54 Å². The minimum Gasteiger partial charge on any atom is -0.507 e. The predicted octanol–water partition coefficient (Wildman–Crippen LogP) is 2.67. The van der Waals surface area contributed by atoms with Crippen LogP contribution in [0.4, 0.5) is 0 Å². The van der Waals surface area contributed by atoms with Gasteiger partial charge in [-0.05, 0) is 31.5 Å². The fourth-order valence-electron chi connectivity index (χ4n) is 2.02. The molecular formula is C14H16N2O3. The number of aromatic hydroxyl groups is 1. The van der Waals surface area contributed by atoms with Crippen molar-refractivity contribution in [2.45, 2.75) is 26.8 Å². The first-order valence-corrected chi connectivity index (χ1v) is 6.13. The Hall–Kier alpha value is -2.30. The van der Waals surface area contributed by atoms with E-state index >= 15 is 0 Å². The van der Waals surface area contributed by atoms with Crippen LogP contribution in [0.5, 0.6) is 5.75 Å². The van der Waals surface area contributed by atoms with Crippen molar-refractivity contribution in [3.05, 3.63) is 35.7 Å². The van der Waals surface area contributed by atoms with Gasteiger partial charge < -0.3 is 10.2 Å². The van der Waals surface area contributed by atoms with Gasteiger partial charge in [-0.2, -0.15) is 5.10 Å². The minimum atomic E-state index is -1.06. The van der Waals surface area contributed by atoms with Crippen molar-refractivity contribution in [1.82, 2.24) is 9.78 Å². The summed E-state index contributed by atoms with van der Waals surface area (Å²) in [4.78, 5) is 10.8. The summed E-state index contributed by atoms with van der Waals surface area (Å²) in [5.41, 5.74) is 2.31. The molecule has 0 aliphatic rings. The lowest BCUT2D eigenvalue weighted by molar-refractivity contribution is 0.0696. The highest BCUT2D eigenvalue weighted by molar-refractivity contribution is 5.89. The third-order valence-electron chi connectivity index (χ3n) is 2.93. The molecule has 0 amide bonds. The molecule has 2 aromatic rings. The number of nitrogens with zero attached hydrogens (tertiary/aromatic N) is 2. The summed E-state index contributed by atoms with van der Waals surface area (Å²) in [6, 6.07) is 4.35. The third-order valence-corrected chi connectivity index (χ3v) is 2.93. The molecule has 0 spiro atoms. The molecule has 0 saturated heterocycles. The Bertz CT molecular complexity index is 617. The first-order valence-electron chi connectivity index (χ1n) is 6.13. The quantitative estimate of drug-likeness (QED) is 0.886. The highest BCUT2D eigenvalue weighted by Crippen LogP contribution is 2.31. The molecule has 19 heavy (non-hydrogen) atoms. The van der Waals surface area contributed by atoms with Gasteiger partial charge in [-0.1, -0.05) is 6.92 Å². The lowest BCUT2D eigenvalue weighted by atomic mass is 10.0. The van der Waals surface area contributed by atoms with Crippen molar-refractivity contribution in [2.75, 3.05) is 0 Å². The Morgan fingerprint density at radius 3 is 2.68 bits per heavy atom. The van der Waals surface area contributed by atoms with Gasteiger partial charge in [0.25, 0.3) is 0 Å². The zero-order chi connectivity index (χ0) is 14.0. The van der Waals surface area contributed by atoms with Gasteiger partial charge in [-0.3, -0.25) is 4.68 Å². The average molecular weight is 260 g/mol. The molecule has 2 N–H and O–H groups in total. The van der Waals surface area contributed by atoms with Crippen molar-refractivity contribution >= 4 is 5.97 Å². The number of rotatable bonds is 4. The second-order valence-corrected chi connectivity index (χ2v) is 4.43. The molecule has 0 unspecified atom stereocenters. The molecule has 1 aromatic carbocycles. The largest absolute Gasteiger partial charge is 0.507 e. The van der Waals surface area contributed by atoms with Gasteiger partial charge in [0.1, 0.15) is 5.75 Å². The number of hydrogen-bond acceptors (Lipinski definition) is 3. The molecule has 0 atom stereocenters. The lowest BCUT2D eigenvalue weighted by Crippen LogP contribution is -1.96. The van der Waals surface area contributed by atoms with E-state index in [-0.39, 0.29) is 11.3 Å². The SMILES string of the molecule is CCCn1cc(-c2ccc(C(=O)O)cc2O)c(C)n1. The maximum absolute atomic E-state index is 10.8. The number of benzene rings is 1. The summed E-state index contributed by atoms with van der Waals surface area (Å²) in [5, 5.41) is 23.2. The van der Waals surface area contributed by atoms with Crippen molar-refractivity contribution in [3.8, 4) is 16.9 Å². The van der Waals surface area contributed by atoms with Gasteiger partial charge in [0.05, 0.1) is 11.3 Å². The number of aromatic nitrogens is 2. The standard InChI is InChI=1S/C14H16N2O3/c1-3-6-16-8-12(9(2)15-16)11-5-4-10(14(18)19)7-13(11)17/h4-5,7-8,17H,3,6H2,1-2H3,(H,18,19). The molecule has 0 aliphatic carbocycles. The van der Waals surface area contributed by atoms with Crippen molar-refractivity contribution in [1.29, 1.82) is 0 Å². The maximum atomic E-state index is 10.8. The molecule has 1 aromatic heterocycles. The average Bonchev–Trinajstić information content (AvgIpc) is 2.70. The Morgan fingerprint density at radius 1 is 1.37 bits per heavy atom. The van der Waals surface area contributed by atoms with E-state index in [0.29, 0.717) is 5.56 Å². The van der Waals surface area contributed by atoms with Crippen LogP contribution in [0.15, 0.2) is 24.4 Å². The monoisotopic (exact) mass is 260 g/mol. The smallest absolute Gasteiger partial charge is 0.335 e. The minimum absolute atomic E-state index is 0.0425. The van der Waals surface area contributed by atoms with E-state index in [1.165, 1.54) is 12.1 Å². The molecule has 0 fully saturated rings. The van der Waals surface area contributed by atoms with E-state index < -0.39 is 5.97 Å². The van der Waals surface area contributed by atoms with Crippen LogP contribution < -0.4 is 0 Å². The van der Waals surface area contributed by atoms with Gasteiger partial charge in [0.2, 0.25) is 0 Å². The van der Waals surface area contributed by atoms with Gasteiger partial charge in [0, 0.05) is 23.9 Å². The van der Waals surface area contributed by atoms with Crippen molar-refractivity contribution < 1.29 is 15.0 Å². The van der Waals surface area contributed by atoms with Gasteiger partial charge in [-0.25, -0.2) is 4.79 Å². The summed E-state index contributed by atoms with van der Waals surface area (Å²) in [6.45, 7) is 4.75. The Balaban J connectivity index is 2.44. The number of hydrogen-bond donors (Lipinski definition) is 2. The normalized spacial score (nSPS) is 10.6. The molecule has 0 radical (unpaired) electrons. The van der Waals surface area contributed by atoms with E-state index in [0.717, 1.165) is 24.2 Å². The number of carboxylic acid groups (broad SMARTS) is 1. The van der Waals surface area contributed by atoms with Crippen LogP contribution >= 0.6 is 0 Å². The van der Waals surface area contributed by atoms with E-state index in [1.54, 1.807) is 6.07 Å². The Morgan fingerprint density at radius 2 is 2.11 bits per heavy atom. The summed E-state index contributed by atoms with van der Waals surface area (Å²) in [6.07, 6.45) is 2.85. The van der Waals surface area contributed by atoms with Crippen LogP contribution in [-0.4, -0.2) is 26.0 Å². The number of phenols is 1. The second-order valence-electron chi connectivity index (χ2n) is 4.43. The van der Waals surface area contributed by atoms with Crippen LogP contribution in [0.3, 0.4) is 0 Å². The predicted molar refractivity (Wildman–Crippen MR) is 71.3 cm³/mol. The summed E-state index contributed by atoms with van der Waals surface area (Å²) in [7, 11) is 0. The molecule has 100 valence electrons. The number of phenolic OH excluding ortho intramolecular Hbond substituents is 1. The third kappa shape index (κ3) is 2.59. The second kappa shape index (κ2) is 5.14. The van der Waals surface area contributed by atoms with Crippen LogP contribution in [0.2, 0.25) is 0 Å². The van der Waals surface area contributed by atoms with E-state index in [1.807, 2.05) is 17.8 Å². The molecular weight excluding hydrogens is 244 g/mol. The number of carboxylic acids is 1. The molecule has 0 bridgehead atoms. The van der Waals surface area contributed by atoms with Crippen LogP contribution in [0.25, 0.3) is 11.1 Å². The zero-order valence-corrected chi connectivity index (χ0v) is 10.9. The first-order chi connectivity index (χ1) is 9.02. The number of carbonyl (C=O) groups is 1. The number of aryl methyl sites for hydroxylation is 2. The Kier molecular flexibility index (Phi) is 3.55. The van der Waals surface area contributed by atoms with Crippen LogP contribution in [0, 0.1) is 6.92 Å². The molecule has 5 nitrogen and oxygen atoms in total. The van der Waals surface area contributed by atoms with Crippen molar-refractivity contribution in [2.24, 2.45) is 0 Å². The highest BCUT2D eigenvalue weighted by atomic mass is 16.4. The highest BCUT2D eigenvalue weighted by Gasteiger charge is 2.13. The van der Waals surface area contributed by atoms with E-state index in [2.05, 4.69) is 12.0 Å². The fourth-order valence-corrected chi connectivity index (χ4v) is 2.02.